The summed E-state index contributed by atoms with van der Waals surface area (Å²) >= 11 is 0. The van der Waals surface area contributed by atoms with Gasteiger partial charge >= 0.3 is 0 Å². The van der Waals surface area contributed by atoms with E-state index in [1.54, 1.807) is 11.0 Å². The molecule has 3 N–H and O–H groups in total. The summed E-state index contributed by atoms with van der Waals surface area (Å²) in [6, 6.07) is 14.4. The molecule has 2 aromatic heterocycles. The molecule has 1 aliphatic rings. The first-order valence-corrected chi connectivity index (χ1v) is 10.00. The van der Waals surface area contributed by atoms with Gasteiger partial charge in [0.25, 0.3) is 5.56 Å². The number of aryl methyl sites for hydroxylation is 1. The van der Waals surface area contributed by atoms with Crippen LogP contribution in [0.1, 0.15) is 34.5 Å². The van der Waals surface area contributed by atoms with Crippen molar-refractivity contribution in [3.8, 4) is 0 Å². The number of aromatic nitrogens is 5. The Kier molecular flexibility index (Phi) is 4.55. The molecule has 0 saturated carbocycles. The van der Waals surface area contributed by atoms with Crippen molar-refractivity contribution < 1.29 is 0 Å². The van der Waals surface area contributed by atoms with Gasteiger partial charge in [-0.05, 0) is 30.3 Å². The van der Waals surface area contributed by atoms with Gasteiger partial charge in [0.15, 0.2) is 0 Å². The SMILES string of the molecule is CNCc1ccc(C2CNc3cccc4c(=O)[nH]nc(c34)C2c2ncnn2C)cc1. The lowest BCUT2D eigenvalue weighted by atomic mass is 9.82. The normalized spacial score (nSPS) is 18.2. The molecule has 2 aromatic carbocycles. The molecule has 0 amide bonds. The summed E-state index contributed by atoms with van der Waals surface area (Å²) in [5.74, 6) is 0.715. The van der Waals surface area contributed by atoms with Crippen molar-refractivity contribution in [2.45, 2.75) is 18.4 Å². The van der Waals surface area contributed by atoms with Crippen LogP contribution in [0.5, 0.6) is 0 Å². The van der Waals surface area contributed by atoms with E-state index in [1.807, 2.05) is 32.3 Å². The Hall–Kier alpha value is -3.52. The highest BCUT2D eigenvalue weighted by molar-refractivity contribution is 5.96. The average Bonchev–Trinajstić information content (AvgIpc) is 3.11. The second kappa shape index (κ2) is 7.38. The predicted molar refractivity (Wildman–Crippen MR) is 116 cm³/mol. The van der Waals surface area contributed by atoms with Crippen LogP contribution in [0.2, 0.25) is 0 Å². The summed E-state index contributed by atoms with van der Waals surface area (Å²) in [7, 11) is 3.83. The summed E-state index contributed by atoms with van der Waals surface area (Å²) in [4.78, 5) is 17.0. The van der Waals surface area contributed by atoms with Gasteiger partial charge in [0.05, 0.1) is 17.0 Å². The quantitative estimate of drug-likeness (QED) is 0.484. The third-order valence-electron chi connectivity index (χ3n) is 5.87. The van der Waals surface area contributed by atoms with Crippen LogP contribution < -0.4 is 16.2 Å². The lowest BCUT2D eigenvalue weighted by Crippen LogP contribution is -2.23. The molecule has 4 aromatic rings. The smallest absolute Gasteiger partial charge is 0.272 e. The number of rotatable bonds is 4. The summed E-state index contributed by atoms with van der Waals surface area (Å²) in [5, 5.41) is 19.7. The first-order valence-electron chi connectivity index (χ1n) is 10.00. The maximum Gasteiger partial charge on any atom is 0.272 e. The fourth-order valence-electron chi connectivity index (χ4n) is 4.43. The number of hydrogen-bond acceptors (Lipinski definition) is 6. The van der Waals surface area contributed by atoms with Crippen molar-refractivity contribution in [3.05, 3.63) is 81.8 Å². The third-order valence-corrected chi connectivity index (χ3v) is 5.87. The molecule has 5 rings (SSSR count). The first kappa shape index (κ1) is 18.5. The number of aromatic amines is 1. The van der Waals surface area contributed by atoms with E-state index in [4.69, 9.17) is 0 Å². The summed E-state index contributed by atoms with van der Waals surface area (Å²) < 4.78 is 1.79. The second-order valence-electron chi connectivity index (χ2n) is 7.64. The van der Waals surface area contributed by atoms with Crippen LogP contribution in [0.15, 0.2) is 53.6 Å². The molecule has 8 nitrogen and oxygen atoms in total. The highest BCUT2D eigenvalue weighted by Gasteiger charge is 2.35. The van der Waals surface area contributed by atoms with Crippen LogP contribution in [0, 0.1) is 0 Å². The maximum absolute atomic E-state index is 12.5. The minimum atomic E-state index is -0.191. The highest BCUT2D eigenvalue weighted by Crippen LogP contribution is 2.43. The largest absolute Gasteiger partial charge is 0.384 e. The molecule has 30 heavy (non-hydrogen) atoms. The Morgan fingerprint density at radius 2 is 2.03 bits per heavy atom. The van der Waals surface area contributed by atoms with Gasteiger partial charge in [0, 0.05) is 37.1 Å². The van der Waals surface area contributed by atoms with Crippen LogP contribution >= 0.6 is 0 Å². The Morgan fingerprint density at radius 1 is 1.20 bits per heavy atom. The number of nitrogens with one attached hydrogen (secondary N) is 3. The first-order chi connectivity index (χ1) is 14.7. The zero-order valence-corrected chi connectivity index (χ0v) is 16.9. The number of benzene rings is 2. The maximum atomic E-state index is 12.5. The molecule has 0 aliphatic carbocycles. The van der Waals surface area contributed by atoms with Crippen LogP contribution in [-0.2, 0) is 13.6 Å². The molecule has 0 bridgehead atoms. The molecule has 0 radical (unpaired) electrons. The van der Waals surface area contributed by atoms with E-state index < -0.39 is 0 Å². The second-order valence-corrected chi connectivity index (χ2v) is 7.64. The van der Waals surface area contributed by atoms with E-state index in [9.17, 15) is 4.79 Å². The van der Waals surface area contributed by atoms with E-state index >= 15 is 0 Å². The molecule has 0 fully saturated rings. The van der Waals surface area contributed by atoms with Crippen molar-refractivity contribution in [3.63, 3.8) is 0 Å². The average molecular weight is 401 g/mol. The number of nitrogens with zero attached hydrogens (tertiary/aromatic N) is 4. The fraction of sp³-hybridized carbons (Fsp3) is 0.273. The van der Waals surface area contributed by atoms with Gasteiger partial charge in [0.1, 0.15) is 12.2 Å². The highest BCUT2D eigenvalue weighted by atomic mass is 16.1. The van der Waals surface area contributed by atoms with Crippen LogP contribution in [0.4, 0.5) is 5.69 Å². The molecule has 2 unspecified atom stereocenters. The van der Waals surface area contributed by atoms with E-state index in [2.05, 4.69) is 55.2 Å². The van der Waals surface area contributed by atoms with E-state index in [1.165, 1.54) is 11.1 Å². The predicted octanol–water partition coefficient (Wildman–Crippen LogP) is 2.11. The minimum absolute atomic E-state index is 0.0607. The number of H-pyrrole nitrogens is 1. The minimum Gasteiger partial charge on any atom is -0.384 e. The monoisotopic (exact) mass is 401 g/mol. The van der Waals surface area contributed by atoms with Crippen molar-refractivity contribution in [1.29, 1.82) is 0 Å². The molecule has 0 saturated heterocycles. The molecular formula is C22H23N7O. The lowest BCUT2D eigenvalue weighted by molar-refractivity contribution is 0.553. The van der Waals surface area contributed by atoms with Crippen molar-refractivity contribution in [1.82, 2.24) is 30.3 Å². The van der Waals surface area contributed by atoms with E-state index in [0.29, 0.717) is 11.9 Å². The zero-order chi connectivity index (χ0) is 20.7. The molecular weight excluding hydrogens is 378 g/mol. The number of anilines is 1. The molecule has 152 valence electrons. The third kappa shape index (κ3) is 2.96. The van der Waals surface area contributed by atoms with Gasteiger partial charge in [-0.15, -0.1) is 0 Å². The van der Waals surface area contributed by atoms with Crippen LogP contribution in [0.25, 0.3) is 10.8 Å². The summed E-state index contributed by atoms with van der Waals surface area (Å²) in [6.45, 7) is 1.51. The molecule has 3 heterocycles. The Morgan fingerprint density at radius 3 is 2.77 bits per heavy atom. The fourth-order valence-corrected chi connectivity index (χ4v) is 4.43. The van der Waals surface area contributed by atoms with Gasteiger partial charge in [-0.25, -0.2) is 10.1 Å². The van der Waals surface area contributed by atoms with Gasteiger partial charge in [-0.2, -0.15) is 10.2 Å². The van der Waals surface area contributed by atoms with Crippen molar-refractivity contribution in [2.24, 2.45) is 7.05 Å². The van der Waals surface area contributed by atoms with Gasteiger partial charge in [-0.1, -0.05) is 30.3 Å². The zero-order valence-electron chi connectivity index (χ0n) is 16.9. The standard InChI is InChI=1S/C22H23N7O/c1-23-10-13-6-8-14(9-7-13)16-11-24-17-5-3-4-15-18(17)20(27-28-22(15)30)19(16)21-25-12-26-29(21)2/h3-9,12,16,19,23-24H,10-11H2,1-2H3,(H,28,30). The molecule has 2 atom stereocenters. The van der Waals surface area contributed by atoms with Crippen LogP contribution in [-0.4, -0.2) is 38.6 Å². The Bertz CT molecular complexity index is 1260. The van der Waals surface area contributed by atoms with Crippen molar-refractivity contribution >= 4 is 16.5 Å². The van der Waals surface area contributed by atoms with Gasteiger partial charge in [-0.3, -0.25) is 9.48 Å². The Balaban J connectivity index is 1.73. The van der Waals surface area contributed by atoms with E-state index in [0.717, 1.165) is 29.1 Å². The molecule has 8 heteroatoms. The van der Waals surface area contributed by atoms with Crippen LogP contribution in [0.3, 0.4) is 0 Å². The topological polar surface area (TPSA) is 101 Å². The van der Waals surface area contributed by atoms with Gasteiger partial charge in [0.2, 0.25) is 0 Å². The molecule has 1 aliphatic heterocycles. The molecule has 0 spiro atoms. The Labute approximate surface area is 173 Å². The summed E-state index contributed by atoms with van der Waals surface area (Å²) in [6.07, 6.45) is 1.56. The van der Waals surface area contributed by atoms with E-state index in [-0.39, 0.29) is 17.4 Å². The van der Waals surface area contributed by atoms with Crippen molar-refractivity contribution in [2.75, 3.05) is 18.9 Å². The van der Waals surface area contributed by atoms with Gasteiger partial charge < -0.3 is 10.6 Å². The summed E-state index contributed by atoms with van der Waals surface area (Å²) in [5.41, 5.74) is 3.95. The number of hydrogen-bond donors (Lipinski definition) is 3. The lowest BCUT2D eigenvalue weighted by Gasteiger charge is -2.25.